The third kappa shape index (κ3) is 2.29. The summed E-state index contributed by atoms with van der Waals surface area (Å²) in [4.78, 5) is 0.760. The van der Waals surface area contributed by atoms with Crippen molar-refractivity contribution in [1.29, 1.82) is 0 Å². The first-order chi connectivity index (χ1) is 10.8. The maximum atomic E-state index is 5.34. The topological polar surface area (TPSA) is 69.1 Å². The number of hydrogen-bond acceptors (Lipinski definition) is 6. The number of rotatable bonds is 4. The molecule has 0 amide bonds. The van der Waals surface area contributed by atoms with E-state index >= 15 is 0 Å². The molecule has 0 fully saturated rings. The van der Waals surface area contributed by atoms with Crippen molar-refractivity contribution in [1.82, 2.24) is 25.0 Å². The maximum Gasteiger partial charge on any atom is 0.235 e. The number of aryl methyl sites for hydroxylation is 1. The molecule has 0 aliphatic carbocycles. The minimum absolute atomic E-state index is 0.679. The summed E-state index contributed by atoms with van der Waals surface area (Å²) in [6.45, 7) is 2.04. The van der Waals surface area contributed by atoms with E-state index in [1.54, 1.807) is 4.52 Å². The molecule has 3 aromatic heterocycles. The Bertz CT molecular complexity index is 908. The summed E-state index contributed by atoms with van der Waals surface area (Å²) in [7, 11) is 0. The molecule has 0 spiro atoms. The zero-order valence-corrected chi connectivity index (χ0v) is 12.7. The van der Waals surface area contributed by atoms with Gasteiger partial charge >= 0.3 is 0 Å². The molecule has 0 unspecified atom stereocenters. The Morgan fingerprint density at radius 3 is 2.82 bits per heavy atom. The summed E-state index contributed by atoms with van der Waals surface area (Å²) in [5.41, 5.74) is 2.10. The van der Waals surface area contributed by atoms with Crippen LogP contribution in [0, 0.1) is 0 Å². The van der Waals surface area contributed by atoms with E-state index in [0.717, 1.165) is 27.9 Å². The van der Waals surface area contributed by atoms with Gasteiger partial charge in [-0.25, -0.2) is 0 Å². The van der Waals surface area contributed by atoms with Gasteiger partial charge in [0.1, 0.15) is 0 Å². The molecule has 0 aliphatic rings. The summed E-state index contributed by atoms with van der Waals surface area (Å²) >= 11 is 1.45. The minimum Gasteiger partial charge on any atom is -0.353 e. The number of fused-ring (bicyclic) bond motifs is 1. The highest BCUT2D eigenvalue weighted by Gasteiger charge is 2.16. The van der Waals surface area contributed by atoms with E-state index in [2.05, 4.69) is 32.6 Å². The van der Waals surface area contributed by atoms with Crippen LogP contribution in [-0.4, -0.2) is 25.0 Å². The molecular formula is C15H13N5OS. The van der Waals surface area contributed by atoms with Gasteiger partial charge in [-0.05, 0) is 12.0 Å². The Hall–Kier alpha value is -2.54. The van der Waals surface area contributed by atoms with Crippen LogP contribution in [0.25, 0.3) is 15.7 Å². The Kier molecular flexibility index (Phi) is 3.19. The first-order valence-corrected chi connectivity index (χ1v) is 7.86. The first kappa shape index (κ1) is 13.1. The lowest BCUT2D eigenvalue weighted by Gasteiger charge is -1.96. The molecule has 4 rings (SSSR count). The quantitative estimate of drug-likeness (QED) is 0.579. The molecule has 110 valence electrons. The zero-order chi connectivity index (χ0) is 14.9. The lowest BCUT2D eigenvalue weighted by molar-refractivity contribution is 0.423. The Balaban J connectivity index is 1.70. The molecule has 0 bridgehead atoms. The van der Waals surface area contributed by atoms with Crippen LogP contribution >= 0.6 is 11.3 Å². The van der Waals surface area contributed by atoms with Crippen LogP contribution in [0.4, 0.5) is 0 Å². The zero-order valence-electron chi connectivity index (χ0n) is 11.9. The van der Waals surface area contributed by atoms with Crippen LogP contribution in [0.5, 0.6) is 0 Å². The maximum absolute atomic E-state index is 5.34. The second-order valence-corrected chi connectivity index (χ2v) is 5.87. The van der Waals surface area contributed by atoms with Crippen molar-refractivity contribution in [2.24, 2.45) is 0 Å². The van der Waals surface area contributed by atoms with Crippen LogP contribution < -0.4 is 0 Å². The highest BCUT2D eigenvalue weighted by atomic mass is 32.1. The third-order valence-electron chi connectivity index (χ3n) is 3.39. The second kappa shape index (κ2) is 5.34. The fraction of sp³-hybridized carbons (Fsp3) is 0.200. The van der Waals surface area contributed by atoms with Crippen LogP contribution in [0.1, 0.15) is 24.0 Å². The predicted molar refractivity (Wildman–Crippen MR) is 82.8 cm³/mol. The van der Waals surface area contributed by atoms with Gasteiger partial charge in [-0.15, -0.1) is 15.3 Å². The van der Waals surface area contributed by atoms with Gasteiger partial charge in [0.05, 0.1) is 5.69 Å². The molecule has 0 saturated heterocycles. The smallest absolute Gasteiger partial charge is 0.235 e. The van der Waals surface area contributed by atoms with E-state index in [0.29, 0.717) is 12.2 Å². The Morgan fingerprint density at radius 1 is 1.18 bits per heavy atom. The van der Waals surface area contributed by atoms with Gasteiger partial charge in [-0.2, -0.15) is 4.52 Å². The molecule has 4 aromatic rings. The number of hydrogen-bond donors (Lipinski definition) is 0. The van der Waals surface area contributed by atoms with E-state index in [4.69, 9.17) is 4.52 Å². The highest BCUT2D eigenvalue weighted by Crippen LogP contribution is 2.26. The standard InChI is InChI=1S/C15H13N5OS/c1-2-11-9-12(21-19-11)14-18-20-13(16-17-15(20)22-14)8-10-6-4-3-5-7-10/h3-7,9H,2,8H2,1H3. The SMILES string of the molecule is CCc1cc(-c2nn3c(Cc4ccccc4)nnc3s2)on1. The molecular weight excluding hydrogens is 298 g/mol. The molecule has 22 heavy (non-hydrogen) atoms. The van der Waals surface area contributed by atoms with Crippen molar-refractivity contribution in [2.45, 2.75) is 19.8 Å². The molecule has 7 heteroatoms. The molecule has 0 saturated carbocycles. The van der Waals surface area contributed by atoms with Crippen LogP contribution in [0.15, 0.2) is 40.9 Å². The average molecular weight is 311 g/mol. The van der Waals surface area contributed by atoms with Gasteiger partial charge in [-0.3, -0.25) is 0 Å². The van der Waals surface area contributed by atoms with Crippen LogP contribution in [0.3, 0.4) is 0 Å². The fourth-order valence-corrected chi connectivity index (χ4v) is 3.03. The van der Waals surface area contributed by atoms with Gasteiger partial charge in [0.2, 0.25) is 4.96 Å². The van der Waals surface area contributed by atoms with Crippen molar-refractivity contribution in [3.05, 3.63) is 53.5 Å². The van der Waals surface area contributed by atoms with Crippen LogP contribution in [0.2, 0.25) is 0 Å². The lowest BCUT2D eigenvalue weighted by atomic mass is 10.1. The summed E-state index contributed by atoms with van der Waals surface area (Å²) in [6, 6.07) is 12.1. The van der Waals surface area contributed by atoms with E-state index in [1.165, 1.54) is 16.9 Å². The molecule has 0 radical (unpaired) electrons. The number of nitrogens with zero attached hydrogens (tertiary/aromatic N) is 5. The van der Waals surface area contributed by atoms with E-state index < -0.39 is 0 Å². The van der Waals surface area contributed by atoms with Gasteiger partial charge < -0.3 is 4.52 Å². The average Bonchev–Trinajstić information content (AvgIpc) is 3.24. The molecule has 1 aromatic carbocycles. The van der Waals surface area contributed by atoms with Crippen molar-refractivity contribution in [3.8, 4) is 10.8 Å². The van der Waals surface area contributed by atoms with Crippen LogP contribution in [-0.2, 0) is 12.8 Å². The van der Waals surface area contributed by atoms with E-state index in [1.807, 2.05) is 31.2 Å². The van der Waals surface area contributed by atoms with Crippen molar-refractivity contribution >= 4 is 16.3 Å². The van der Waals surface area contributed by atoms with Gasteiger partial charge in [0.15, 0.2) is 16.6 Å². The Labute approximate surface area is 130 Å². The van der Waals surface area contributed by atoms with Gasteiger partial charge in [0, 0.05) is 12.5 Å². The van der Waals surface area contributed by atoms with E-state index in [9.17, 15) is 0 Å². The largest absolute Gasteiger partial charge is 0.353 e. The van der Waals surface area contributed by atoms with Crippen molar-refractivity contribution in [2.75, 3.05) is 0 Å². The summed E-state index contributed by atoms with van der Waals surface area (Å²) in [5, 5.41) is 17.8. The van der Waals surface area contributed by atoms with Gasteiger partial charge in [0.25, 0.3) is 0 Å². The summed E-state index contributed by atoms with van der Waals surface area (Å²) < 4.78 is 7.11. The van der Waals surface area contributed by atoms with Gasteiger partial charge in [-0.1, -0.05) is 53.7 Å². The fourth-order valence-electron chi connectivity index (χ4n) is 2.22. The number of benzene rings is 1. The molecule has 0 atom stereocenters. The Morgan fingerprint density at radius 2 is 2.05 bits per heavy atom. The lowest BCUT2D eigenvalue weighted by Crippen LogP contribution is -1.97. The van der Waals surface area contributed by atoms with E-state index in [-0.39, 0.29) is 0 Å². The molecule has 0 aliphatic heterocycles. The predicted octanol–water partition coefficient (Wildman–Crippen LogP) is 2.99. The monoisotopic (exact) mass is 311 g/mol. The third-order valence-corrected chi connectivity index (χ3v) is 4.31. The highest BCUT2D eigenvalue weighted by molar-refractivity contribution is 7.19. The molecule has 6 nitrogen and oxygen atoms in total. The van der Waals surface area contributed by atoms with Crippen molar-refractivity contribution in [3.63, 3.8) is 0 Å². The summed E-state index contributed by atoms with van der Waals surface area (Å²) in [5.74, 6) is 1.50. The normalized spacial score (nSPS) is 11.3. The van der Waals surface area contributed by atoms with Crippen molar-refractivity contribution < 1.29 is 4.52 Å². The molecule has 0 N–H and O–H groups in total. The second-order valence-electron chi connectivity index (χ2n) is 4.92. The number of aromatic nitrogens is 5. The first-order valence-electron chi connectivity index (χ1n) is 7.04. The summed E-state index contributed by atoms with van der Waals surface area (Å²) in [6.07, 6.45) is 1.54. The molecule has 3 heterocycles. The minimum atomic E-state index is 0.679.